The summed E-state index contributed by atoms with van der Waals surface area (Å²) in [6.07, 6.45) is 5.96. The molecule has 4 atom stereocenters. The third kappa shape index (κ3) is 7.06. The third-order valence-corrected chi connectivity index (χ3v) is 7.87. The number of nitrogens with one attached hydrogen (secondary N) is 4. The van der Waals surface area contributed by atoms with Gasteiger partial charge < -0.3 is 41.4 Å². The molecule has 5 rings (SSSR count). The molecule has 0 bridgehead atoms. The number of H-pyrrole nitrogens is 2. The molecule has 4 unspecified atom stereocenters. The van der Waals surface area contributed by atoms with Gasteiger partial charge in [0.05, 0.1) is 12.4 Å². The first-order valence-corrected chi connectivity index (χ1v) is 14.4. The fourth-order valence-electron chi connectivity index (χ4n) is 5.56. The molecule has 8 N–H and O–H groups in total. The maximum Gasteiger partial charge on any atom is 0.326 e. The van der Waals surface area contributed by atoms with Gasteiger partial charge in [-0.3, -0.25) is 14.4 Å². The second-order valence-corrected chi connectivity index (χ2v) is 11.0. The molecule has 4 aromatic rings. The summed E-state index contributed by atoms with van der Waals surface area (Å²) in [6, 6.07) is 9.57. The van der Waals surface area contributed by atoms with E-state index in [0.717, 1.165) is 16.5 Å². The van der Waals surface area contributed by atoms with Crippen LogP contribution in [0.5, 0.6) is 5.75 Å². The topological polar surface area (TPSA) is 207 Å². The van der Waals surface area contributed by atoms with Gasteiger partial charge in [0.1, 0.15) is 23.9 Å². The number of hydrogen-bond acceptors (Lipinski definition) is 7. The van der Waals surface area contributed by atoms with Gasteiger partial charge in [-0.15, -0.1) is 0 Å². The SMILES string of the molecule is NC(Cc1cnc[nH]1)C(=O)NC(Cc1ccc(O)cc1)C(=O)N1CCCC1C(=O)NC(Cc1c[nH]c2ccccc12)C(=O)O. The summed E-state index contributed by atoms with van der Waals surface area (Å²) in [5.41, 5.74) is 9.07. The summed E-state index contributed by atoms with van der Waals surface area (Å²) in [7, 11) is 0. The summed E-state index contributed by atoms with van der Waals surface area (Å²) < 4.78 is 0. The number of aromatic nitrogens is 3. The number of aromatic hydroxyl groups is 1. The van der Waals surface area contributed by atoms with Crippen molar-refractivity contribution in [1.29, 1.82) is 0 Å². The lowest BCUT2D eigenvalue weighted by Crippen LogP contribution is -2.57. The Hall–Kier alpha value is -5.17. The Morgan fingerprint density at radius 2 is 1.77 bits per heavy atom. The van der Waals surface area contributed by atoms with Gasteiger partial charge in [0.25, 0.3) is 0 Å². The van der Waals surface area contributed by atoms with Gasteiger partial charge >= 0.3 is 5.97 Å². The predicted octanol–water partition coefficient (Wildman–Crippen LogP) is 0.997. The predicted molar refractivity (Wildman–Crippen MR) is 160 cm³/mol. The minimum absolute atomic E-state index is 0.0548. The lowest BCUT2D eigenvalue weighted by Gasteiger charge is -2.30. The fraction of sp³-hybridized carbons (Fsp3) is 0.323. The van der Waals surface area contributed by atoms with Crippen molar-refractivity contribution in [1.82, 2.24) is 30.5 Å². The standard InChI is InChI=1S/C31H35N7O6/c32-23(14-20-16-33-17-35-20)28(40)36-25(12-18-7-9-21(39)10-8-18)30(42)38-11-3-6-27(38)29(41)37-26(31(43)44)13-19-15-34-24-5-2-1-4-22(19)24/h1-2,4-5,7-10,15-17,23,25-27,34,39H,3,6,11-14,32H2,(H,33,35)(H,36,40)(H,37,41)(H,43,44). The number of benzene rings is 2. The van der Waals surface area contributed by atoms with Crippen molar-refractivity contribution in [2.24, 2.45) is 5.73 Å². The Morgan fingerprint density at radius 3 is 2.50 bits per heavy atom. The highest BCUT2D eigenvalue weighted by molar-refractivity contribution is 5.95. The van der Waals surface area contributed by atoms with Gasteiger partial charge in [0.2, 0.25) is 17.7 Å². The first kappa shape index (κ1) is 30.3. The highest BCUT2D eigenvalue weighted by Gasteiger charge is 2.39. The van der Waals surface area contributed by atoms with Crippen LogP contribution in [0, 0.1) is 0 Å². The number of nitrogens with two attached hydrogens (primary N) is 1. The molecule has 1 fully saturated rings. The molecule has 2 aromatic carbocycles. The Labute approximate surface area is 252 Å². The molecule has 0 aliphatic carbocycles. The maximum atomic E-state index is 13.9. The van der Waals surface area contributed by atoms with Crippen LogP contribution in [0.4, 0.5) is 0 Å². The summed E-state index contributed by atoms with van der Waals surface area (Å²) in [6.45, 7) is 0.263. The number of rotatable bonds is 12. The zero-order valence-electron chi connectivity index (χ0n) is 23.9. The number of nitrogens with zero attached hydrogens (tertiary/aromatic N) is 2. The number of likely N-dealkylation sites (tertiary alicyclic amines) is 1. The van der Waals surface area contributed by atoms with Crippen LogP contribution in [0.3, 0.4) is 0 Å². The Balaban J connectivity index is 1.30. The quantitative estimate of drug-likeness (QED) is 0.124. The number of aromatic amines is 2. The zero-order valence-corrected chi connectivity index (χ0v) is 23.9. The van der Waals surface area contributed by atoms with Gasteiger partial charge in [-0.2, -0.15) is 0 Å². The largest absolute Gasteiger partial charge is 0.508 e. The molecule has 13 nitrogen and oxygen atoms in total. The summed E-state index contributed by atoms with van der Waals surface area (Å²) in [4.78, 5) is 64.0. The van der Waals surface area contributed by atoms with E-state index in [1.54, 1.807) is 24.5 Å². The third-order valence-electron chi connectivity index (χ3n) is 7.87. The smallest absolute Gasteiger partial charge is 0.326 e. The van der Waals surface area contributed by atoms with E-state index in [0.29, 0.717) is 24.1 Å². The number of carbonyl (C=O) groups excluding carboxylic acids is 3. The van der Waals surface area contributed by atoms with E-state index in [-0.39, 0.29) is 31.6 Å². The number of aliphatic carboxylic acids is 1. The highest BCUT2D eigenvalue weighted by Crippen LogP contribution is 2.22. The summed E-state index contributed by atoms with van der Waals surface area (Å²) in [5.74, 6) is -2.75. The number of carboxylic acids is 1. The van der Waals surface area contributed by atoms with E-state index in [4.69, 9.17) is 5.73 Å². The first-order chi connectivity index (χ1) is 21.2. The molecular formula is C31H35N7O6. The summed E-state index contributed by atoms with van der Waals surface area (Å²) in [5, 5.41) is 25.9. The number of hydrogen-bond donors (Lipinski definition) is 7. The van der Waals surface area contributed by atoms with Crippen molar-refractivity contribution in [3.05, 3.63) is 84.1 Å². The van der Waals surface area contributed by atoms with Crippen LogP contribution >= 0.6 is 0 Å². The van der Waals surface area contributed by atoms with Crippen LogP contribution in [0.1, 0.15) is 29.7 Å². The van der Waals surface area contributed by atoms with Crippen molar-refractivity contribution in [3.63, 3.8) is 0 Å². The van der Waals surface area contributed by atoms with E-state index in [1.165, 1.54) is 23.4 Å². The van der Waals surface area contributed by atoms with Crippen LogP contribution < -0.4 is 16.4 Å². The number of phenols is 1. The van der Waals surface area contributed by atoms with Gasteiger partial charge in [-0.1, -0.05) is 30.3 Å². The van der Waals surface area contributed by atoms with Gasteiger partial charge in [-0.25, -0.2) is 9.78 Å². The van der Waals surface area contributed by atoms with Gasteiger partial charge in [0.15, 0.2) is 0 Å². The van der Waals surface area contributed by atoms with Gasteiger partial charge in [-0.05, 0) is 42.2 Å². The molecule has 1 aliphatic rings. The second kappa shape index (κ2) is 13.4. The molecule has 2 aromatic heterocycles. The molecule has 230 valence electrons. The molecule has 0 saturated carbocycles. The number of para-hydroxylation sites is 1. The molecule has 0 radical (unpaired) electrons. The highest BCUT2D eigenvalue weighted by atomic mass is 16.4. The van der Waals surface area contributed by atoms with Crippen LogP contribution in [0.25, 0.3) is 10.9 Å². The minimum atomic E-state index is -1.22. The first-order valence-electron chi connectivity index (χ1n) is 14.4. The Bertz CT molecular complexity index is 1620. The molecule has 1 aliphatic heterocycles. The molecule has 3 heterocycles. The van der Waals surface area contributed by atoms with Crippen LogP contribution in [-0.2, 0) is 38.4 Å². The lowest BCUT2D eigenvalue weighted by atomic mass is 10.0. The number of fused-ring (bicyclic) bond motifs is 1. The van der Waals surface area contributed by atoms with E-state index in [2.05, 4.69) is 25.6 Å². The van der Waals surface area contributed by atoms with Crippen LogP contribution in [-0.4, -0.2) is 84.5 Å². The Morgan fingerprint density at radius 1 is 1.00 bits per heavy atom. The maximum absolute atomic E-state index is 13.9. The fourth-order valence-corrected chi connectivity index (χ4v) is 5.56. The van der Waals surface area contributed by atoms with Crippen molar-refractivity contribution in [3.8, 4) is 5.75 Å². The van der Waals surface area contributed by atoms with Crippen LogP contribution in [0.15, 0.2) is 67.3 Å². The second-order valence-electron chi connectivity index (χ2n) is 11.0. The molecule has 1 saturated heterocycles. The number of carbonyl (C=O) groups is 4. The monoisotopic (exact) mass is 601 g/mol. The number of amides is 3. The van der Waals surface area contributed by atoms with E-state index in [9.17, 15) is 29.4 Å². The summed E-state index contributed by atoms with van der Waals surface area (Å²) >= 11 is 0. The number of carboxylic acid groups (broad SMARTS) is 1. The molecule has 13 heteroatoms. The number of imidazole rings is 1. The zero-order chi connectivity index (χ0) is 31.2. The van der Waals surface area contributed by atoms with Crippen LogP contribution in [0.2, 0.25) is 0 Å². The Kier molecular flexibility index (Phi) is 9.24. The minimum Gasteiger partial charge on any atom is -0.508 e. The van der Waals surface area contributed by atoms with Crippen molar-refractivity contribution in [2.45, 2.75) is 56.3 Å². The van der Waals surface area contributed by atoms with Gasteiger partial charge in [0, 0.05) is 54.8 Å². The molecule has 3 amide bonds. The lowest BCUT2D eigenvalue weighted by molar-refractivity contribution is -0.144. The molecule has 0 spiro atoms. The van der Waals surface area contributed by atoms with E-state index >= 15 is 0 Å². The van der Waals surface area contributed by atoms with Crippen molar-refractivity contribution in [2.75, 3.05) is 6.54 Å². The average molecular weight is 602 g/mol. The molecule has 44 heavy (non-hydrogen) atoms. The van der Waals surface area contributed by atoms with Crippen molar-refractivity contribution >= 4 is 34.6 Å². The van der Waals surface area contributed by atoms with Crippen molar-refractivity contribution < 1.29 is 29.4 Å². The normalized spacial score (nSPS) is 16.8. The van der Waals surface area contributed by atoms with E-state index < -0.39 is 47.9 Å². The average Bonchev–Trinajstić information content (AvgIpc) is 3.79. The molecular weight excluding hydrogens is 566 g/mol. The number of phenolic OH excluding ortho intramolecular Hbond substituents is 1. The van der Waals surface area contributed by atoms with E-state index in [1.807, 2.05) is 24.3 Å².